The molecule has 0 aliphatic carbocycles. The Morgan fingerprint density at radius 1 is 1.54 bits per heavy atom. The second kappa shape index (κ2) is 5.61. The van der Waals surface area contributed by atoms with Crippen LogP contribution in [0.1, 0.15) is 5.56 Å². The number of likely N-dealkylation sites (N-methyl/N-ethyl adjacent to an activating group) is 1. The Kier molecular flexibility index (Phi) is 4.35. The predicted octanol–water partition coefficient (Wildman–Crippen LogP) is 0.957. The molecule has 0 amide bonds. The summed E-state index contributed by atoms with van der Waals surface area (Å²) in [5, 5.41) is 2.95. The minimum absolute atomic E-state index is 0.324. The van der Waals surface area contributed by atoms with Gasteiger partial charge in [-0.3, -0.25) is 4.98 Å². The number of nitrogens with zero attached hydrogens (tertiary/aromatic N) is 1. The largest absolute Gasteiger partial charge is 0.375 e. The minimum Gasteiger partial charge on any atom is -0.375 e. The molecular weight excluding hydrogens is 171 g/mol. The van der Waals surface area contributed by atoms with Gasteiger partial charge in [-0.25, -0.2) is 4.39 Å². The summed E-state index contributed by atoms with van der Waals surface area (Å²) in [5.74, 6) is -0.324. The smallest absolute Gasteiger partial charge is 0.141 e. The molecule has 1 N–H and O–H groups in total. The molecule has 1 heterocycles. The van der Waals surface area contributed by atoms with Crippen molar-refractivity contribution in [3.63, 3.8) is 0 Å². The van der Waals surface area contributed by atoms with Crippen molar-refractivity contribution < 1.29 is 9.13 Å². The summed E-state index contributed by atoms with van der Waals surface area (Å²) in [5.41, 5.74) is 0.760. The van der Waals surface area contributed by atoms with Gasteiger partial charge < -0.3 is 10.1 Å². The molecule has 0 atom stereocenters. The van der Waals surface area contributed by atoms with Crippen molar-refractivity contribution in [2.24, 2.45) is 0 Å². The highest BCUT2D eigenvalue weighted by Crippen LogP contribution is 2.01. The van der Waals surface area contributed by atoms with E-state index in [1.807, 2.05) is 7.05 Å². The van der Waals surface area contributed by atoms with Crippen LogP contribution in [0.3, 0.4) is 0 Å². The first kappa shape index (κ1) is 10.1. The Labute approximate surface area is 76.9 Å². The van der Waals surface area contributed by atoms with Crippen LogP contribution in [0.4, 0.5) is 4.39 Å². The molecular formula is C9H13FN2O. The van der Waals surface area contributed by atoms with E-state index in [0.717, 1.165) is 12.1 Å². The second-order valence-electron chi connectivity index (χ2n) is 2.67. The zero-order valence-electron chi connectivity index (χ0n) is 7.59. The van der Waals surface area contributed by atoms with E-state index in [2.05, 4.69) is 10.3 Å². The van der Waals surface area contributed by atoms with Gasteiger partial charge in [0.1, 0.15) is 5.82 Å². The average molecular weight is 184 g/mol. The standard InChI is InChI=1S/C9H13FN2O/c1-11-2-3-13-7-8-4-9(10)6-12-5-8/h4-6,11H,2-3,7H2,1H3. The van der Waals surface area contributed by atoms with Crippen molar-refractivity contribution in [3.8, 4) is 0 Å². The number of halogens is 1. The van der Waals surface area contributed by atoms with Crippen molar-refractivity contribution in [2.45, 2.75) is 6.61 Å². The van der Waals surface area contributed by atoms with Crippen molar-refractivity contribution in [1.82, 2.24) is 10.3 Å². The molecule has 72 valence electrons. The molecule has 0 spiro atoms. The number of ether oxygens (including phenoxy) is 1. The van der Waals surface area contributed by atoms with Gasteiger partial charge in [-0.15, -0.1) is 0 Å². The molecule has 0 radical (unpaired) electrons. The predicted molar refractivity (Wildman–Crippen MR) is 47.8 cm³/mol. The van der Waals surface area contributed by atoms with Crippen LogP contribution in [-0.4, -0.2) is 25.2 Å². The van der Waals surface area contributed by atoms with Crippen LogP contribution in [0.25, 0.3) is 0 Å². The lowest BCUT2D eigenvalue weighted by molar-refractivity contribution is 0.123. The summed E-state index contributed by atoms with van der Waals surface area (Å²) in [6.45, 7) is 1.82. The normalized spacial score (nSPS) is 10.3. The highest BCUT2D eigenvalue weighted by Gasteiger charge is 1.95. The molecule has 3 nitrogen and oxygen atoms in total. The fourth-order valence-electron chi connectivity index (χ4n) is 0.899. The van der Waals surface area contributed by atoms with E-state index in [0.29, 0.717) is 13.2 Å². The molecule has 0 aliphatic rings. The van der Waals surface area contributed by atoms with Crippen molar-refractivity contribution >= 4 is 0 Å². The Hall–Kier alpha value is -1.00. The van der Waals surface area contributed by atoms with Gasteiger partial charge in [-0.1, -0.05) is 0 Å². The maximum Gasteiger partial charge on any atom is 0.141 e. The van der Waals surface area contributed by atoms with Crippen LogP contribution in [0.15, 0.2) is 18.5 Å². The van der Waals surface area contributed by atoms with Gasteiger partial charge in [-0.2, -0.15) is 0 Å². The first-order chi connectivity index (χ1) is 6.33. The van der Waals surface area contributed by atoms with E-state index in [4.69, 9.17) is 4.74 Å². The highest BCUT2D eigenvalue weighted by molar-refractivity contribution is 5.08. The number of hydrogen-bond donors (Lipinski definition) is 1. The fraction of sp³-hybridized carbons (Fsp3) is 0.444. The third kappa shape index (κ3) is 3.96. The van der Waals surface area contributed by atoms with E-state index in [1.54, 1.807) is 6.20 Å². The van der Waals surface area contributed by atoms with Gasteiger partial charge in [0, 0.05) is 12.7 Å². The zero-order chi connectivity index (χ0) is 9.52. The molecule has 0 bridgehead atoms. The molecule has 0 aromatic carbocycles. The topological polar surface area (TPSA) is 34.1 Å². The van der Waals surface area contributed by atoms with Gasteiger partial charge in [0.2, 0.25) is 0 Å². The Balaban J connectivity index is 2.28. The van der Waals surface area contributed by atoms with Gasteiger partial charge in [0.15, 0.2) is 0 Å². The number of hydrogen-bond acceptors (Lipinski definition) is 3. The van der Waals surface area contributed by atoms with Crippen LogP contribution in [0.5, 0.6) is 0 Å². The van der Waals surface area contributed by atoms with Gasteiger partial charge in [0.25, 0.3) is 0 Å². The lowest BCUT2D eigenvalue weighted by Crippen LogP contribution is -2.14. The molecule has 1 rings (SSSR count). The third-order valence-corrected chi connectivity index (χ3v) is 1.53. The van der Waals surface area contributed by atoms with Crippen LogP contribution < -0.4 is 5.32 Å². The van der Waals surface area contributed by atoms with Gasteiger partial charge in [-0.05, 0) is 18.7 Å². The minimum atomic E-state index is -0.324. The van der Waals surface area contributed by atoms with E-state index >= 15 is 0 Å². The summed E-state index contributed by atoms with van der Waals surface area (Å²) in [7, 11) is 1.85. The summed E-state index contributed by atoms with van der Waals surface area (Å²) < 4.78 is 17.9. The van der Waals surface area contributed by atoms with Crippen molar-refractivity contribution in [3.05, 3.63) is 29.8 Å². The monoisotopic (exact) mass is 184 g/mol. The molecule has 0 aliphatic heterocycles. The van der Waals surface area contributed by atoms with E-state index < -0.39 is 0 Å². The molecule has 0 unspecified atom stereocenters. The Morgan fingerprint density at radius 2 is 2.38 bits per heavy atom. The lowest BCUT2D eigenvalue weighted by atomic mass is 10.3. The number of pyridine rings is 1. The number of aromatic nitrogens is 1. The molecule has 1 aromatic heterocycles. The average Bonchev–Trinajstić information content (AvgIpc) is 2.13. The lowest BCUT2D eigenvalue weighted by Gasteiger charge is -2.02. The van der Waals surface area contributed by atoms with E-state index in [9.17, 15) is 4.39 Å². The van der Waals surface area contributed by atoms with Crippen molar-refractivity contribution in [2.75, 3.05) is 20.2 Å². The second-order valence-corrected chi connectivity index (χ2v) is 2.67. The molecule has 0 saturated carbocycles. The quantitative estimate of drug-likeness (QED) is 0.692. The molecule has 1 aromatic rings. The summed E-state index contributed by atoms with van der Waals surface area (Å²) >= 11 is 0. The van der Waals surface area contributed by atoms with Crippen LogP contribution >= 0.6 is 0 Å². The third-order valence-electron chi connectivity index (χ3n) is 1.53. The summed E-state index contributed by atoms with van der Waals surface area (Å²) in [4.78, 5) is 3.71. The van der Waals surface area contributed by atoms with E-state index in [-0.39, 0.29) is 5.82 Å². The van der Waals surface area contributed by atoms with Gasteiger partial charge >= 0.3 is 0 Å². The molecule has 13 heavy (non-hydrogen) atoms. The zero-order valence-corrected chi connectivity index (χ0v) is 7.59. The SMILES string of the molecule is CNCCOCc1cncc(F)c1. The fourth-order valence-corrected chi connectivity index (χ4v) is 0.899. The van der Waals surface area contributed by atoms with Crippen LogP contribution in [0.2, 0.25) is 0 Å². The van der Waals surface area contributed by atoms with Crippen LogP contribution in [-0.2, 0) is 11.3 Å². The summed E-state index contributed by atoms with van der Waals surface area (Å²) in [6.07, 6.45) is 2.78. The molecule has 0 fully saturated rings. The maximum absolute atomic E-state index is 12.6. The van der Waals surface area contributed by atoms with Gasteiger partial charge in [0.05, 0.1) is 19.4 Å². The molecule has 0 saturated heterocycles. The first-order valence-corrected chi connectivity index (χ1v) is 4.14. The highest BCUT2D eigenvalue weighted by atomic mass is 19.1. The summed E-state index contributed by atoms with van der Waals surface area (Å²) in [6, 6.07) is 1.42. The maximum atomic E-state index is 12.6. The van der Waals surface area contributed by atoms with E-state index in [1.165, 1.54) is 12.3 Å². The Morgan fingerprint density at radius 3 is 3.08 bits per heavy atom. The van der Waals surface area contributed by atoms with Crippen molar-refractivity contribution in [1.29, 1.82) is 0 Å². The molecule has 4 heteroatoms. The Bertz CT molecular complexity index is 255. The van der Waals surface area contributed by atoms with Crippen LogP contribution in [0, 0.1) is 5.82 Å². The number of rotatable bonds is 5. The first-order valence-electron chi connectivity index (χ1n) is 4.14. The number of nitrogens with one attached hydrogen (secondary N) is 1.